The van der Waals surface area contributed by atoms with E-state index in [0.717, 1.165) is 5.56 Å². The average Bonchev–Trinajstić information content (AvgIpc) is 3.00. The second kappa shape index (κ2) is 8.22. The number of carbonyl (C=O) groups excluding carboxylic acids is 1. The predicted octanol–water partition coefficient (Wildman–Crippen LogP) is 4.39. The summed E-state index contributed by atoms with van der Waals surface area (Å²) in [6.45, 7) is 9.90. The highest BCUT2D eigenvalue weighted by atomic mass is 16.5. The summed E-state index contributed by atoms with van der Waals surface area (Å²) in [5.74, 6) is 1.17. The summed E-state index contributed by atoms with van der Waals surface area (Å²) in [4.78, 5) is 12.1. The molecule has 1 aromatic heterocycles. The van der Waals surface area contributed by atoms with Crippen LogP contribution in [-0.4, -0.2) is 18.2 Å². The summed E-state index contributed by atoms with van der Waals surface area (Å²) in [6.07, 6.45) is 0. The molecule has 0 saturated carbocycles. The number of nitrogens with zero attached hydrogens (tertiary/aromatic N) is 1. The van der Waals surface area contributed by atoms with Crippen LogP contribution in [0.4, 0.5) is 5.69 Å². The number of benzene rings is 1. The molecule has 0 spiro atoms. The van der Waals surface area contributed by atoms with Gasteiger partial charge >= 0.3 is 0 Å². The van der Waals surface area contributed by atoms with E-state index >= 15 is 0 Å². The molecule has 1 heterocycles. The molecular formula is C17H24N2O3. The molecule has 0 bridgehead atoms. The molecule has 0 fully saturated rings. The van der Waals surface area contributed by atoms with Gasteiger partial charge in [0.2, 0.25) is 0 Å². The van der Waals surface area contributed by atoms with E-state index < -0.39 is 0 Å². The van der Waals surface area contributed by atoms with Crippen LogP contribution in [-0.2, 0) is 0 Å². The van der Waals surface area contributed by atoms with Crippen molar-refractivity contribution in [3.05, 3.63) is 41.3 Å². The molecule has 0 aliphatic rings. The van der Waals surface area contributed by atoms with Gasteiger partial charge in [-0.05, 0) is 24.6 Å². The fourth-order valence-corrected chi connectivity index (χ4v) is 1.77. The van der Waals surface area contributed by atoms with E-state index in [0.29, 0.717) is 17.2 Å². The molecular weight excluding hydrogens is 280 g/mol. The Balaban J connectivity index is 0.00000116. The second-order valence-corrected chi connectivity index (χ2v) is 4.93. The molecule has 0 aliphatic heterocycles. The average molecular weight is 304 g/mol. The largest absolute Gasteiger partial charge is 0.495 e. The molecule has 22 heavy (non-hydrogen) atoms. The maximum Gasteiger partial charge on any atom is 0.277 e. The van der Waals surface area contributed by atoms with E-state index in [1.165, 1.54) is 0 Å². The van der Waals surface area contributed by atoms with Gasteiger partial charge in [0.1, 0.15) is 11.5 Å². The fourth-order valence-electron chi connectivity index (χ4n) is 1.77. The molecule has 5 nitrogen and oxygen atoms in total. The van der Waals surface area contributed by atoms with Crippen LogP contribution in [0.3, 0.4) is 0 Å². The molecule has 0 radical (unpaired) electrons. The lowest BCUT2D eigenvalue weighted by Gasteiger charge is -2.09. The molecule has 1 aromatic carbocycles. The number of ether oxygens (including phenoxy) is 1. The summed E-state index contributed by atoms with van der Waals surface area (Å²) in [5.41, 5.74) is 1.91. The Morgan fingerprint density at radius 1 is 1.27 bits per heavy atom. The Morgan fingerprint density at radius 3 is 2.50 bits per heavy atom. The maximum absolute atomic E-state index is 12.1. The Morgan fingerprint density at radius 2 is 1.95 bits per heavy atom. The lowest BCUT2D eigenvalue weighted by atomic mass is 10.1. The summed E-state index contributed by atoms with van der Waals surface area (Å²) >= 11 is 0. The highest BCUT2D eigenvalue weighted by Gasteiger charge is 2.16. The number of hydrogen-bond acceptors (Lipinski definition) is 4. The molecule has 0 aliphatic carbocycles. The first-order chi connectivity index (χ1) is 10.5. The number of aromatic nitrogens is 1. The van der Waals surface area contributed by atoms with Gasteiger partial charge in [-0.15, -0.1) is 0 Å². The summed E-state index contributed by atoms with van der Waals surface area (Å²) in [6, 6.07) is 7.23. The van der Waals surface area contributed by atoms with Gasteiger partial charge in [-0.25, -0.2) is 0 Å². The summed E-state index contributed by atoms with van der Waals surface area (Å²) in [5, 5.41) is 6.57. The van der Waals surface area contributed by atoms with Gasteiger partial charge in [0, 0.05) is 12.0 Å². The van der Waals surface area contributed by atoms with E-state index in [9.17, 15) is 4.79 Å². The van der Waals surface area contributed by atoms with Gasteiger partial charge in [-0.3, -0.25) is 4.79 Å². The first-order valence-electron chi connectivity index (χ1n) is 7.44. The van der Waals surface area contributed by atoms with Gasteiger partial charge in [-0.2, -0.15) is 0 Å². The van der Waals surface area contributed by atoms with Gasteiger partial charge in [-0.1, -0.05) is 38.9 Å². The summed E-state index contributed by atoms with van der Waals surface area (Å²) in [7, 11) is 1.56. The van der Waals surface area contributed by atoms with E-state index in [2.05, 4.69) is 10.5 Å². The van der Waals surface area contributed by atoms with E-state index in [1.807, 2.05) is 52.8 Å². The van der Waals surface area contributed by atoms with Crippen LogP contribution in [0, 0.1) is 6.92 Å². The van der Waals surface area contributed by atoms with Crippen molar-refractivity contribution in [2.45, 2.75) is 40.5 Å². The number of aryl methyl sites for hydroxylation is 1. The lowest BCUT2D eigenvalue weighted by Crippen LogP contribution is -2.13. The third kappa shape index (κ3) is 4.35. The van der Waals surface area contributed by atoms with Crippen LogP contribution in [0.1, 0.15) is 55.4 Å². The number of nitrogens with one attached hydrogen (secondary N) is 1. The number of methoxy groups -OCH3 is 1. The van der Waals surface area contributed by atoms with Gasteiger partial charge < -0.3 is 14.6 Å². The normalized spacial score (nSPS) is 9.95. The van der Waals surface area contributed by atoms with Gasteiger partial charge in [0.05, 0.1) is 12.8 Å². The smallest absolute Gasteiger partial charge is 0.277 e. The monoisotopic (exact) mass is 304 g/mol. The number of hydrogen-bond donors (Lipinski definition) is 1. The molecule has 0 atom stereocenters. The Labute approximate surface area is 131 Å². The van der Waals surface area contributed by atoms with E-state index in [1.54, 1.807) is 13.2 Å². The topological polar surface area (TPSA) is 64.4 Å². The quantitative estimate of drug-likeness (QED) is 0.909. The van der Waals surface area contributed by atoms with Crippen molar-refractivity contribution < 1.29 is 14.1 Å². The van der Waals surface area contributed by atoms with Crippen LogP contribution >= 0.6 is 0 Å². The highest BCUT2D eigenvalue weighted by molar-refractivity contribution is 6.03. The number of anilines is 1. The van der Waals surface area contributed by atoms with Crippen molar-refractivity contribution in [3.8, 4) is 5.75 Å². The molecule has 0 saturated heterocycles. The van der Waals surface area contributed by atoms with Crippen molar-refractivity contribution in [1.29, 1.82) is 0 Å². The second-order valence-electron chi connectivity index (χ2n) is 4.93. The van der Waals surface area contributed by atoms with Crippen molar-refractivity contribution >= 4 is 11.6 Å². The van der Waals surface area contributed by atoms with Crippen LogP contribution in [0.25, 0.3) is 0 Å². The van der Waals surface area contributed by atoms with Crippen molar-refractivity contribution in [2.24, 2.45) is 0 Å². The van der Waals surface area contributed by atoms with Crippen molar-refractivity contribution in [2.75, 3.05) is 12.4 Å². The predicted molar refractivity (Wildman–Crippen MR) is 87.6 cm³/mol. The molecule has 2 aromatic rings. The molecule has 120 valence electrons. The Hall–Kier alpha value is -2.30. The minimum atomic E-state index is -0.315. The van der Waals surface area contributed by atoms with E-state index in [4.69, 9.17) is 9.26 Å². The highest BCUT2D eigenvalue weighted by Crippen LogP contribution is 2.26. The number of amides is 1. The molecule has 1 amide bonds. The standard InChI is InChI=1S/C15H18N2O3.C2H6/c1-9(2)14-8-12(17-20-14)15(18)16-11-7-10(3)5-6-13(11)19-4;1-2/h5-9H,1-4H3,(H,16,18);1-2H3. The zero-order valence-corrected chi connectivity index (χ0v) is 14.1. The van der Waals surface area contributed by atoms with Gasteiger partial charge in [0.15, 0.2) is 5.69 Å². The van der Waals surface area contributed by atoms with E-state index in [-0.39, 0.29) is 17.5 Å². The molecule has 1 N–H and O–H groups in total. The minimum Gasteiger partial charge on any atom is -0.495 e. The third-order valence-corrected chi connectivity index (χ3v) is 2.93. The lowest BCUT2D eigenvalue weighted by molar-refractivity contribution is 0.101. The van der Waals surface area contributed by atoms with Crippen LogP contribution in [0.15, 0.2) is 28.8 Å². The third-order valence-electron chi connectivity index (χ3n) is 2.93. The van der Waals surface area contributed by atoms with Crippen molar-refractivity contribution in [3.63, 3.8) is 0 Å². The SMILES string of the molecule is CC.COc1ccc(C)cc1NC(=O)c1cc(C(C)C)on1. The first kappa shape index (κ1) is 17.8. The molecule has 2 rings (SSSR count). The number of rotatable bonds is 4. The first-order valence-corrected chi connectivity index (χ1v) is 7.44. The van der Waals surface area contributed by atoms with Gasteiger partial charge in [0.25, 0.3) is 5.91 Å². The van der Waals surface area contributed by atoms with Crippen molar-refractivity contribution in [1.82, 2.24) is 5.16 Å². The number of carbonyl (C=O) groups is 1. The fraction of sp³-hybridized carbons (Fsp3) is 0.412. The molecule has 0 unspecified atom stereocenters. The summed E-state index contributed by atoms with van der Waals surface area (Å²) < 4.78 is 10.3. The van der Waals surface area contributed by atoms with Crippen LogP contribution < -0.4 is 10.1 Å². The van der Waals surface area contributed by atoms with Crippen LogP contribution in [0.2, 0.25) is 0 Å². The maximum atomic E-state index is 12.1. The zero-order chi connectivity index (χ0) is 16.7. The minimum absolute atomic E-state index is 0.192. The Kier molecular flexibility index (Phi) is 6.63. The Bertz CT molecular complexity index is 618. The zero-order valence-electron chi connectivity index (χ0n) is 14.1. The molecule has 5 heteroatoms. The van der Waals surface area contributed by atoms with Crippen LogP contribution in [0.5, 0.6) is 5.75 Å².